The molecule has 0 bridgehead atoms. The fourth-order valence-electron chi connectivity index (χ4n) is 4.04. The molecule has 0 aliphatic carbocycles. The van der Waals surface area contributed by atoms with E-state index in [1.807, 2.05) is 72.8 Å². The van der Waals surface area contributed by atoms with Crippen LogP contribution in [-0.2, 0) is 0 Å². The average Bonchev–Trinajstić information content (AvgIpc) is 2.88. The van der Waals surface area contributed by atoms with Crippen LogP contribution in [0.4, 0.5) is 11.4 Å². The van der Waals surface area contributed by atoms with Crippen LogP contribution < -0.4 is 30.4 Å². The maximum absolute atomic E-state index is 6.62. The fraction of sp³-hybridized carbons (Fsp3) is 0.143. The average molecular weight is 457 g/mol. The van der Waals surface area contributed by atoms with Gasteiger partial charge < -0.3 is 30.4 Å². The molecule has 4 aromatic rings. The van der Waals surface area contributed by atoms with Crippen LogP contribution in [0.5, 0.6) is 23.0 Å². The van der Waals surface area contributed by atoms with Crippen molar-refractivity contribution >= 4 is 11.4 Å². The zero-order valence-corrected chi connectivity index (χ0v) is 19.7. The minimum Gasteiger partial charge on any atom is -0.497 e. The minimum atomic E-state index is 0.617. The Bertz CT molecular complexity index is 1270. The van der Waals surface area contributed by atoms with Gasteiger partial charge in [-0.05, 0) is 70.3 Å². The Morgan fingerprint density at radius 1 is 0.471 bits per heavy atom. The molecule has 0 spiro atoms. The van der Waals surface area contributed by atoms with Crippen molar-refractivity contribution in [2.45, 2.75) is 0 Å². The number of rotatable bonds is 7. The van der Waals surface area contributed by atoms with Gasteiger partial charge in [0.1, 0.15) is 23.0 Å². The van der Waals surface area contributed by atoms with Crippen LogP contribution in [0, 0.1) is 0 Å². The first-order valence-electron chi connectivity index (χ1n) is 10.7. The Labute approximate surface area is 199 Å². The first-order chi connectivity index (χ1) is 16.5. The summed E-state index contributed by atoms with van der Waals surface area (Å²) < 4.78 is 22.2. The van der Waals surface area contributed by atoms with E-state index in [0.717, 1.165) is 33.4 Å². The maximum Gasteiger partial charge on any atom is 0.123 e. The van der Waals surface area contributed by atoms with Crippen LogP contribution in [0.1, 0.15) is 0 Å². The minimum absolute atomic E-state index is 0.617. The van der Waals surface area contributed by atoms with Gasteiger partial charge in [-0.1, -0.05) is 18.2 Å². The lowest BCUT2D eigenvalue weighted by Gasteiger charge is -2.20. The van der Waals surface area contributed by atoms with E-state index in [9.17, 15) is 0 Å². The second kappa shape index (κ2) is 9.67. The van der Waals surface area contributed by atoms with E-state index in [1.54, 1.807) is 28.4 Å². The van der Waals surface area contributed by atoms with Gasteiger partial charge in [-0.3, -0.25) is 0 Å². The third-order valence-electron chi connectivity index (χ3n) is 5.74. The van der Waals surface area contributed by atoms with E-state index < -0.39 is 0 Å². The molecule has 34 heavy (non-hydrogen) atoms. The third-order valence-corrected chi connectivity index (χ3v) is 5.74. The van der Waals surface area contributed by atoms with Crippen LogP contribution in [0.25, 0.3) is 33.4 Å². The van der Waals surface area contributed by atoms with Crippen molar-refractivity contribution in [3.8, 4) is 56.4 Å². The summed E-state index contributed by atoms with van der Waals surface area (Å²) in [7, 11) is 6.51. The third kappa shape index (κ3) is 4.43. The Hall–Kier alpha value is -4.32. The second-order valence-corrected chi connectivity index (χ2v) is 7.78. The zero-order chi connectivity index (χ0) is 24.2. The highest BCUT2D eigenvalue weighted by Crippen LogP contribution is 2.46. The summed E-state index contributed by atoms with van der Waals surface area (Å²) in [4.78, 5) is 0. The molecule has 6 nitrogen and oxygen atoms in total. The zero-order valence-electron chi connectivity index (χ0n) is 19.7. The van der Waals surface area contributed by atoms with E-state index in [-0.39, 0.29) is 0 Å². The summed E-state index contributed by atoms with van der Waals surface area (Å²) >= 11 is 0. The van der Waals surface area contributed by atoms with Crippen LogP contribution in [-0.4, -0.2) is 28.4 Å². The Morgan fingerprint density at radius 3 is 1.35 bits per heavy atom. The summed E-state index contributed by atoms with van der Waals surface area (Å²) in [6, 6.07) is 23.2. The summed E-state index contributed by atoms with van der Waals surface area (Å²) in [6.07, 6.45) is 0. The van der Waals surface area contributed by atoms with Crippen LogP contribution in [0.3, 0.4) is 0 Å². The van der Waals surface area contributed by atoms with Crippen molar-refractivity contribution in [3.63, 3.8) is 0 Å². The molecule has 0 saturated heterocycles. The standard InChI is InChI=1S/C28H28N2O4/c1-31-21-11-18(12-22(15-21)32-2)27-25(17-5-7-20(29)8-6-17)9-10-26(30)28(27)19-13-23(33-3)16-24(14-19)34-4/h5-16H,29-30H2,1-4H3. The molecule has 0 aliphatic heterocycles. The van der Waals surface area contributed by atoms with Crippen molar-refractivity contribution in [2.75, 3.05) is 39.9 Å². The topological polar surface area (TPSA) is 89.0 Å². The summed E-state index contributed by atoms with van der Waals surface area (Å²) in [6.45, 7) is 0. The molecule has 4 aromatic carbocycles. The van der Waals surface area contributed by atoms with Gasteiger partial charge >= 0.3 is 0 Å². The van der Waals surface area contributed by atoms with Crippen LogP contribution in [0.15, 0.2) is 72.8 Å². The predicted octanol–water partition coefficient (Wildman–Crippen LogP) is 5.89. The predicted molar refractivity (Wildman–Crippen MR) is 138 cm³/mol. The molecule has 0 aliphatic rings. The molecule has 0 unspecified atom stereocenters. The Morgan fingerprint density at radius 2 is 0.912 bits per heavy atom. The summed E-state index contributed by atoms with van der Waals surface area (Å²) in [5.74, 6) is 2.69. The quantitative estimate of drug-likeness (QED) is 0.337. The number of nitrogens with two attached hydrogens (primary N) is 2. The fourth-order valence-corrected chi connectivity index (χ4v) is 4.04. The molecule has 6 heteroatoms. The van der Waals surface area contributed by atoms with Gasteiger partial charge in [-0.25, -0.2) is 0 Å². The summed E-state index contributed by atoms with van der Waals surface area (Å²) in [5, 5.41) is 0. The molecule has 0 heterocycles. The molecule has 0 atom stereocenters. The van der Waals surface area contributed by atoms with Crippen molar-refractivity contribution in [1.82, 2.24) is 0 Å². The van der Waals surface area contributed by atoms with Gasteiger partial charge in [0.2, 0.25) is 0 Å². The largest absolute Gasteiger partial charge is 0.497 e. The molecule has 4 rings (SSSR count). The smallest absolute Gasteiger partial charge is 0.123 e. The molecule has 0 fully saturated rings. The van der Waals surface area contributed by atoms with E-state index >= 15 is 0 Å². The number of hydrogen-bond donors (Lipinski definition) is 2. The van der Waals surface area contributed by atoms with Gasteiger partial charge in [0.25, 0.3) is 0 Å². The Kier molecular flexibility index (Phi) is 6.50. The van der Waals surface area contributed by atoms with Gasteiger partial charge in [0.15, 0.2) is 0 Å². The summed E-state index contributed by atoms with van der Waals surface area (Å²) in [5.41, 5.74) is 19.4. The molecule has 0 amide bonds. The van der Waals surface area contributed by atoms with Crippen molar-refractivity contribution < 1.29 is 18.9 Å². The van der Waals surface area contributed by atoms with E-state index in [2.05, 4.69) is 0 Å². The first-order valence-corrected chi connectivity index (χ1v) is 10.7. The SMILES string of the molecule is COc1cc(OC)cc(-c2c(N)ccc(-c3ccc(N)cc3)c2-c2cc(OC)cc(OC)c2)c1. The number of methoxy groups -OCH3 is 4. The maximum atomic E-state index is 6.62. The van der Waals surface area contributed by atoms with E-state index in [4.69, 9.17) is 30.4 Å². The van der Waals surface area contributed by atoms with Gasteiger partial charge in [-0.15, -0.1) is 0 Å². The van der Waals surface area contributed by atoms with Crippen molar-refractivity contribution in [1.29, 1.82) is 0 Å². The lowest BCUT2D eigenvalue weighted by atomic mass is 9.86. The lowest BCUT2D eigenvalue weighted by molar-refractivity contribution is 0.394. The van der Waals surface area contributed by atoms with E-state index in [0.29, 0.717) is 34.4 Å². The highest BCUT2D eigenvalue weighted by molar-refractivity contribution is 6.00. The molecule has 0 radical (unpaired) electrons. The highest BCUT2D eigenvalue weighted by atomic mass is 16.5. The lowest BCUT2D eigenvalue weighted by Crippen LogP contribution is -1.99. The number of anilines is 2. The molecule has 0 aromatic heterocycles. The van der Waals surface area contributed by atoms with Crippen molar-refractivity contribution in [3.05, 3.63) is 72.8 Å². The number of hydrogen-bond acceptors (Lipinski definition) is 6. The van der Waals surface area contributed by atoms with Crippen LogP contribution >= 0.6 is 0 Å². The molecular weight excluding hydrogens is 428 g/mol. The normalized spacial score (nSPS) is 10.6. The molecule has 174 valence electrons. The highest BCUT2D eigenvalue weighted by Gasteiger charge is 2.20. The molecule has 4 N–H and O–H groups in total. The Balaban J connectivity index is 2.11. The number of nitrogen functional groups attached to an aromatic ring is 2. The molecular formula is C28H28N2O4. The first kappa shape index (κ1) is 22.9. The van der Waals surface area contributed by atoms with Crippen LogP contribution in [0.2, 0.25) is 0 Å². The van der Waals surface area contributed by atoms with E-state index in [1.165, 1.54) is 0 Å². The van der Waals surface area contributed by atoms with Gasteiger partial charge in [-0.2, -0.15) is 0 Å². The second-order valence-electron chi connectivity index (χ2n) is 7.78. The monoisotopic (exact) mass is 456 g/mol. The number of ether oxygens (including phenoxy) is 4. The van der Waals surface area contributed by atoms with Crippen molar-refractivity contribution in [2.24, 2.45) is 0 Å². The molecule has 0 saturated carbocycles. The van der Waals surface area contributed by atoms with Gasteiger partial charge in [0.05, 0.1) is 28.4 Å². The number of benzene rings is 4. The van der Waals surface area contributed by atoms with Gasteiger partial charge in [0, 0.05) is 29.1 Å².